The van der Waals surface area contributed by atoms with Crippen LogP contribution in [-0.2, 0) is 24.4 Å². The zero-order valence-corrected chi connectivity index (χ0v) is 14.9. The Kier molecular flexibility index (Phi) is 6.82. The van der Waals surface area contributed by atoms with Crippen LogP contribution in [0.3, 0.4) is 0 Å². The van der Waals surface area contributed by atoms with E-state index in [0.29, 0.717) is 40.4 Å². The predicted octanol–water partition coefficient (Wildman–Crippen LogP) is 1.84. The van der Waals surface area contributed by atoms with Crippen molar-refractivity contribution in [2.75, 3.05) is 25.3 Å². The van der Waals surface area contributed by atoms with Crippen LogP contribution in [0.15, 0.2) is 30.3 Å². The summed E-state index contributed by atoms with van der Waals surface area (Å²) in [6.07, 6.45) is 0.608. The fourth-order valence-electron chi connectivity index (χ4n) is 2.68. The molecular weight excluding hydrogens is 336 g/mol. The fourth-order valence-corrected chi connectivity index (χ4v) is 2.68. The van der Waals surface area contributed by atoms with Crippen molar-refractivity contribution in [2.24, 2.45) is 0 Å². The van der Waals surface area contributed by atoms with E-state index in [9.17, 15) is 9.90 Å². The second-order valence-electron chi connectivity index (χ2n) is 5.75. The number of ether oxygens (including phenoxy) is 2. The minimum absolute atomic E-state index is 0.152. The van der Waals surface area contributed by atoms with Gasteiger partial charge in [-0.15, -0.1) is 0 Å². The molecule has 0 spiro atoms. The third kappa shape index (κ3) is 4.65. The van der Waals surface area contributed by atoms with E-state index < -0.39 is 0 Å². The number of benzene rings is 2. The number of aliphatic hydroxyl groups excluding tert-OH is 2. The number of methoxy groups -OCH3 is 2. The Balaban J connectivity index is 2.08. The molecule has 7 heteroatoms. The van der Waals surface area contributed by atoms with Crippen LogP contribution in [0.5, 0.6) is 11.5 Å². The SMILES string of the molecule is COc1cc(CO)c(CCC(=O)Nc2ccc(CO)c(N)c2)c(OC)c1. The average molecular weight is 360 g/mol. The average Bonchev–Trinajstić information content (AvgIpc) is 2.65. The number of nitrogen functional groups attached to an aromatic ring is 1. The summed E-state index contributed by atoms with van der Waals surface area (Å²) in [5.74, 6) is 0.958. The van der Waals surface area contributed by atoms with E-state index in [0.717, 1.165) is 5.56 Å². The first-order valence-corrected chi connectivity index (χ1v) is 8.16. The van der Waals surface area contributed by atoms with Gasteiger partial charge in [0, 0.05) is 35.0 Å². The number of nitrogens with one attached hydrogen (secondary N) is 1. The number of amides is 1. The molecule has 0 aliphatic heterocycles. The molecule has 2 rings (SSSR count). The highest BCUT2D eigenvalue weighted by molar-refractivity contribution is 5.91. The molecule has 5 N–H and O–H groups in total. The molecule has 0 bridgehead atoms. The van der Waals surface area contributed by atoms with Crippen molar-refractivity contribution in [3.05, 3.63) is 47.0 Å². The van der Waals surface area contributed by atoms with Gasteiger partial charge in [-0.2, -0.15) is 0 Å². The topological polar surface area (TPSA) is 114 Å². The lowest BCUT2D eigenvalue weighted by Crippen LogP contribution is -2.13. The standard InChI is InChI=1S/C19H24N2O5/c1-25-15-7-13(11-23)16(18(9-15)26-2)5-6-19(24)21-14-4-3-12(10-22)17(20)8-14/h3-4,7-9,22-23H,5-6,10-11,20H2,1-2H3,(H,21,24). The number of rotatable bonds is 8. The largest absolute Gasteiger partial charge is 0.497 e. The Morgan fingerprint density at radius 3 is 2.38 bits per heavy atom. The Hall–Kier alpha value is -2.77. The highest BCUT2D eigenvalue weighted by Gasteiger charge is 2.14. The highest BCUT2D eigenvalue weighted by atomic mass is 16.5. The van der Waals surface area contributed by atoms with Gasteiger partial charge in [0.15, 0.2) is 0 Å². The van der Waals surface area contributed by atoms with Gasteiger partial charge in [0.1, 0.15) is 11.5 Å². The Labute approximate surface area is 152 Å². The lowest BCUT2D eigenvalue weighted by atomic mass is 10.0. The van der Waals surface area contributed by atoms with E-state index in [1.807, 2.05) is 0 Å². The second-order valence-corrected chi connectivity index (χ2v) is 5.75. The van der Waals surface area contributed by atoms with E-state index in [-0.39, 0.29) is 25.5 Å². The summed E-state index contributed by atoms with van der Waals surface area (Å²) in [5.41, 5.74) is 8.83. The van der Waals surface area contributed by atoms with Crippen molar-refractivity contribution >= 4 is 17.3 Å². The van der Waals surface area contributed by atoms with Crippen LogP contribution in [0.4, 0.5) is 11.4 Å². The number of anilines is 2. The van der Waals surface area contributed by atoms with Crippen LogP contribution >= 0.6 is 0 Å². The number of nitrogens with two attached hydrogens (primary N) is 1. The summed E-state index contributed by atoms with van der Waals surface area (Å²) in [4.78, 5) is 12.2. The summed E-state index contributed by atoms with van der Waals surface area (Å²) < 4.78 is 10.5. The van der Waals surface area contributed by atoms with Crippen LogP contribution in [0.1, 0.15) is 23.1 Å². The number of carbonyl (C=O) groups excluding carboxylic acids is 1. The summed E-state index contributed by atoms with van der Waals surface area (Å²) in [5, 5.41) is 21.5. The van der Waals surface area contributed by atoms with Crippen LogP contribution in [0.2, 0.25) is 0 Å². The van der Waals surface area contributed by atoms with Gasteiger partial charge in [0.25, 0.3) is 0 Å². The molecule has 7 nitrogen and oxygen atoms in total. The molecule has 26 heavy (non-hydrogen) atoms. The molecule has 0 saturated heterocycles. The van der Waals surface area contributed by atoms with Crippen LogP contribution in [0.25, 0.3) is 0 Å². The quantitative estimate of drug-likeness (QED) is 0.534. The molecule has 0 aromatic heterocycles. The molecule has 2 aromatic rings. The van der Waals surface area contributed by atoms with E-state index in [2.05, 4.69) is 5.32 Å². The first-order chi connectivity index (χ1) is 12.5. The van der Waals surface area contributed by atoms with Crippen molar-refractivity contribution in [1.29, 1.82) is 0 Å². The summed E-state index contributed by atoms with van der Waals surface area (Å²) >= 11 is 0. The van der Waals surface area contributed by atoms with Crippen molar-refractivity contribution in [3.8, 4) is 11.5 Å². The van der Waals surface area contributed by atoms with Gasteiger partial charge in [-0.05, 0) is 30.2 Å². The number of hydrogen-bond donors (Lipinski definition) is 4. The summed E-state index contributed by atoms with van der Waals surface area (Å²) in [7, 11) is 3.07. The van der Waals surface area contributed by atoms with Gasteiger partial charge in [-0.3, -0.25) is 4.79 Å². The van der Waals surface area contributed by atoms with E-state index in [1.165, 1.54) is 14.2 Å². The third-order valence-corrected chi connectivity index (χ3v) is 4.10. The predicted molar refractivity (Wildman–Crippen MR) is 99.2 cm³/mol. The third-order valence-electron chi connectivity index (χ3n) is 4.10. The molecule has 0 aliphatic rings. The number of carbonyl (C=O) groups is 1. The van der Waals surface area contributed by atoms with Gasteiger partial charge in [-0.1, -0.05) is 6.07 Å². The van der Waals surface area contributed by atoms with Gasteiger partial charge in [0.05, 0.1) is 27.4 Å². The Bertz CT molecular complexity index is 752. The smallest absolute Gasteiger partial charge is 0.224 e. The molecule has 0 fully saturated rings. The van der Waals surface area contributed by atoms with Crippen molar-refractivity contribution in [1.82, 2.24) is 0 Å². The Morgan fingerprint density at radius 1 is 1.08 bits per heavy atom. The summed E-state index contributed by atoms with van der Waals surface area (Å²) in [6, 6.07) is 8.41. The lowest BCUT2D eigenvalue weighted by Gasteiger charge is -2.15. The zero-order chi connectivity index (χ0) is 19.1. The maximum absolute atomic E-state index is 12.2. The molecule has 140 valence electrons. The summed E-state index contributed by atoms with van der Waals surface area (Å²) in [6.45, 7) is -0.328. The first kappa shape index (κ1) is 19.6. The first-order valence-electron chi connectivity index (χ1n) is 8.16. The maximum atomic E-state index is 12.2. The molecule has 0 unspecified atom stereocenters. The second kappa shape index (κ2) is 9.07. The number of hydrogen-bond acceptors (Lipinski definition) is 6. The van der Waals surface area contributed by atoms with Crippen LogP contribution < -0.4 is 20.5 Å². The fraction of sp³-hybridized carbons (Fsp3) is 0.316. The molecule has 0 aliphatic carbocycles. The van der Waals surface area contributed by atoms with E-state index >= 15 is 0 Å². The van der Waals surface area contributed by atoms with Crippen LogP contribution in [-0.4, -0.2) is 30.3 Å². The molecular formula is C19H24N2O5. The molecule has 0 heterocycles. The minimum Gasteiger partial charge on any atom is -0.497 e. The highest BCUT2D eigenvalue weighted by Crippen LogP contribution is 2.30. The maximum Gasteiger partial charge on any atom is 0.224 e. The lowest BCUT2D eigenvalue weighted by molar-refractivity contribution is -0.116. The zero-order valence-electron chi connectivity index (χ0n) is 14.9. The van der Waals surface area contributed by atoms with E-state index in [4.69, 9.17) is 20.3 Å². The van der Waals surface area contributed by atoms with E-state index in [1.54, 1.807) is 30.3 Å². The van der Waals surface area contributed by atoms with Gasteiger partial charge < -0.3 is 30.7 Å². The normalized spacial score (nSPS) is 10.5. The van der Waals surface area contributed by atoms with Crippen molar-refractivity contribution < 1.29 is 24.5 Å². The van der Waals surface area contributed by atoms with Crippen molar-refractivity contribution in [2.45, 2.75) is 26.1 Å². The molecule has 0 radical (unpaired) electrons. The van der Waals surface area contributed by atoms with Gasteiger partial charge in [-0.25, -0.2) is 0 Å². The molecule has 2 aromatic carbocycles. The minimum atomic E-state index is -0.192. The van der Waals surface area contributed by atoms with Crippen molar-refractivity contribution in [3.63, 3.8) is 0 Å². The van der Waals surface area contributed by atoms with Gasteiger partial charge in [0.2, 0.25) is 5.91 Å². The molecule has 1 amide bonds. The van der Waals surface area contributed by atoms with Gasteiger partial charge >= 0.3 is 0 Å². The molecule has 0 atom stereocenters. The van der Waals surface area contributed by atoms with Crippen LogP contribution in [0, 0.1) is 0 Å². The Morgan fingerprint density at radius 2 is 1.81 bits per heavy atom. The molecule has 0 saturated carbocycles. The number of aliphatic hydroxyl groups is 2. The monoisotopic (exact) mass is 360 g/mol.